The zero-order chi connectivity index (χ0) is 70.8. The standard InChI is InChI=1S/C84H147NO13/c1-3-5-7-9-11-13-15-17-19-21-23-25-27-29-31-33-35-36-38-39-41-43-45-47-49-51-53-55-57-59-61-63-65-67-73(88)72(71-95-83-81(94)79(92)82(75(70-87)97-83)98-84-80(93)78(91)77(90)74(69-86)96-84)85-76(89)68-66-64-62-60-58-56-54-52-50-48-46-44-42-40-37-34-32-30-28-26-24-22-20-18-16-14-12-10-8-6-4-2/h6,8,12,14,18,20,24,26,30,32,37,40,44,46,57,59,65,67,72-75,77-84,86-88,90-94H,3-5,7,9-11,13,15-17,19,21-23,25,27-29,31,33-36,38-39,41-43,45,47-56,58,60-64,66,68-71H2,1-2H3,(H,85,89)/b8-6-,14-12-,20-18-,26-24-,32-30-,40-37-,46-44-,59-57+,67-65+. The Morgan fingerprint density at radius 2 is 0.714 bits per heavy atom. The van der Waals surface area contributed by atoms with Crippen molar-refractivity contribution in [3.63, 3.8) is 0 Å². The number of rotatable bonds is 66. The first kappa shape index (κ1) is 90.7. The number of amides is 1. The predicted octanol–water partition coefficient (Wildman–Crippen LogP) is 18.2. The van der Waals surface area contributed by atoms with Crippen molar-refractivity contribution in [3.05, 3.63) is 109 Å². The van der Waals surface area contributed by atoms with Crippen LogP contribution in [0, 0.1) is 0 Å². The lowest BCUT2D eigenvalue weighted by Crippen LogP contribution is -2.65. The molecule has 566 valence electrons. The molecule has 9 N–H and O–H groups in total. The third kappa shape index (κ3) is 49.3. The number of hydrogen-bond acceptors (Lipinski definition) is 13. The first-order valence-corrected chi connectivity index (χ1v) is 40.1. The maximum Gasteiger partial charge on any atom is 0.220 e. The number of carbonyl (C=O) groups excluding carboxylic acids is 1. The van der Waals surface area contributed by atoms with Gasteiger partial charge >= 0.3 is 0 Å². The Kier molecular flexibility index (Phi) is 61.9. The fourth-order valence-electron chi connectivity index (χ4n) is 12.6. The van der Waals surface area contributed by atoms with E-state index in [0.29, 0.717) is 12.8 Å². The molecule has 0 spiro atoms. The van der Waals surface area contributed by atoms with Gasteiger partial charge in [0.1, 0.15) is 48.8 Å². The van der Waals surface area contributed by atoms with E-state index >= 15 is 0 Å². The normalized spacial score (nSPS) is 22.6. The van der Waals surface area contributed by atoms with E-state index in [1.165, 1.54) is 205 Å². The second-order valence-electron chi connectivity index (χ2n) is 27.8. The third-order valence-corrected chi connectivity index (χ3v) is 18.9. The van der Waals surface area contributed by atoms with Crippen molar-refractivity contribution >= 4 is 5.91 Å². The molecule has 2 aliphatic rings. The SMILES string of the molecule is CC/C=C\C/C=C\C/C=C\C/C=C\C/C=C\C/C=C\C/C=C\CCCCCCCCCCCC(=O)NC(COC1OC(CO)C(OC2OC(CO)C(O)C(O)C2O)C(O)C1O)C(O)/C=C/CC/C=C/CCCCCCCCCCCCCCCCCCCCCCCCCCCCC. The summed E-state index contributed by atoms with van der Waals surface area (Å²) in [4.78, 5) is 13.4. The molecule has 2 aliphatic heterocycles. The molecule has 98 heavy (non-hydrogen) atoms. The van der Waals surface area contributed by atoms with Crippen LogP contribution in [-0.4, -0.2) is 140 Å². The molecular formula is C84H147NO13. The summed E-state index contributed by atoms with van der Waals surface area (Å²) < 4.78 is 22.9. The van der Waals surface area contributed by atoms with E-state index in [1.807, 2.05) is 6.08 Å². The Labute approximate surface area is 597 Å². The molecular weight excluding hydrogens is 1230 g/mol. The number of allylic oxidation sites excluding steroid dienone is 17. The summed E-state index contributed by atoms with van der Waals surface area (Å²) in [6.07, 6.45) is 80.2. The molecule has 1 amide bonds. The highest BCUT2D eigenvalue weighted by atomic mass is 16.7. The van der Waals surface area contributed by atoms with Gasteiger partial charge in [-0.3, -0.25) is 4.79 Å². The van der Waals surface area contributed by atoms with Crippen LogP contribution in [0.1, 0.15) is 322 Å². The van der Waals surface area contributed by atoms with Crippen LogP contribution in [0.15, 0.2) is 109 Å². The lowest BCUT2D eigenvalue weighted by atomic mass is 9.97. The Balaban J connectivity index is 1.65. The minimum Gasteiger partial charge on any atom is -0.394 e. The van der Waals surface area contributed by atoms with E-state index in [-0.39, 0.29) is 18.9 Å². The summed E-state index contributed by atoms with van der Waals surface area (Å²) in [5.41, 5.74) is 0. The van der Waals surface area contributed by atoms with E-state index in [0.717, 1.165) is 83.5 Å². The summed E-state index contributed by atoms with van der Waals surface area (Å²) in [5.74, 6) is -0.257. The molecule has 0 saturated carbocycles. The molecule has 0 aromatic heterocycles. The number of ether oxygens (including phenoxy) is 4. The van der Waals surface area contributed by atoms with Crippen molar-refractivity contribution in [2.45, 2.75) is 396 Å². The van der Waals surface area contributed by atoms with Crippen LogP contribution in [0.25, 0.3) is 0 Å². The average molecular weight is 1380 g/mol. The molecule has 2 saturated heterocycles. The van der Waals surface area contributed by atoms with E-state index < -0.39 is 86.8 Å². The maximum absolute atomic E-state index is 13.4. The first-order valence-electron chi connectivity index (χ1n) is 40.1. The molecule has 12 unspecified atom stereocenters. The fourth-order valence-corrected chi connectivity index (χ4v) is 12.6. The smallest absolute Gasteiger partial charge is 0.220 e. The largest absolute Gasteiger partial charge is 0.394 e. The molecule has 0 aromatic rings. The second-order valence-corrected chi connectivity index (χ2v) is 27.8. The van der Waals surface area contributed by atoms with Crippen LogP contribution in [0.4, 0.5) is 0 Å². The van der Waals surface area contributed by atoms with Crippen LogP contribution in [0.2, 0.25) is 0 Å². The van der Waals surface area contributed by atoms with E-state index in [4.69, 9.17) is 18.9 Å². The minimum absolute atomic E-state index is 0.257. The summed E-state index contributed by atoms with van der Waals surface area (Å²) in [6, 6.07) is -0.945. The molecule has 0 bridgehead atoms. The van der Waals surface area contributed by atoms with Crippen LogP contribution in [0.3, 0.4) is 0 Å². The van der Waals surface area contributed by atoms with Crippen LogP contribution >= 0.6 is 0 Å². The second kappa shape index (κ2) is 66.9. The zero-order valence-electron chi connectivity index (χ0n) is 62.0. The monoisotopic (exact) mass is 1380 g/mol. The summed E-state index contributed by atoms with van der Waals surface area (Å²) in [5, 5.41) is 87.7. The van der Waals surface area contributed by atoms with Crippen molar-refractivity contribution in [1.29, 1.82) is 0 Å². The molecule has 14 heteroatoms. The Morgan fingerprint density at radius 3 is 1.12 bits per heavy atom. The van der Waals surface area contributed by atoms with Crippen molar-refractivity contribution in [2.75, 3.05) is 19.8 Å². The van der Waals surface area contributed by atoms with Gasteiger partial charge in [0.15, 0.2) is 12.6 Å². The highest BCUT2D eigenvalue weighted by molar-refractivity contribution is 5.76. The van der Waals surface area contributed by atoms with Gasteiger partial charge in [-0.25, -0.2) is 0 Å². The third-order valence-electron chi connectivity index (χ3n) is 18.9. The number of nitrogens with one attached hydrogen (secondary N) is 1. The number of carbonyl (C=O) groups is 1. The maximum atomic E-state index is 13.4. The molecule has 2 rings (SSSR count). The molecule has 2 fully saturated rings. The topological polar surface area (TPSA) is 228 Å². The van der Waals surface area contributed by atoms with Gasteiger partial charge in [-0.05, 0) is 89.9 Å². The molecule has 0 aliphatic carbocycles. The summed E-state index contributed by atoms with van der Waals surface area (Å²) >= 11 is 0. The van der Waals surface area contributed by atoms with Gasteiger partial charge in [0.2, 0.25) is 5.91 Å². The number of unbranched alkanes of at least 4 members (excludes halogenated alkanes) is 37. The highest BCUT2D eigenvalue weighted by Crippen LogP contribution is 2.30. The molecule has 0 aromatic carbocycles. The van der Waals surface area contributed by atoms with E-state index in [2.05, 4.69) is 116 Å². The van der Waals surface area contributed by atoms with Gasteiger partial charge in [-0.15, -0.1) is 0 Å². The molecule has 12 atom stereocenters. The Morgan fingerprint density at radius 1 is 0.378 bits per heavy atom. The zero-order valence-corrected chi connectivity index (χ0v) is 62.0. The van der Waals surface area contributed by atoms with Gasteiger partial charge in [0.05, 0.1) is 32.0 Å². The first-order chi connectivity index (χ1) is 48.1. The van der Waals surface area contributed by atoms with E-state index in [9.17, 15) is 45.6 Å². The van der Waals surface area contributed by atoms with Gasteiger partial charge in [0.25, 0.3) is 0 Å². The van der Waals surface area contributed by atoms with Crippen LogP contribution in [0.5, 0.6) is 0 Å². The Hall–Kier alpha value is -3.35. The van der Waals surface area contributed by atoms with Crippen molar-refractivity contribution in [3.8, 4) is 0 Å². The minimum atomic E-state index is -1.80. The van der Waals surface area contributed by atoms with Gasteiger partial charge in [-0.2, -0.15) is 0 Å². The summed E-state index contributed by atoms with van der Waals surface area (Å²) in [7, 11) is 0. The fraction of sp³-hybridized carbons (Fsp3) is 0.774. The lowest BCUT2D eigenvalue weighted by Gasteiger charge is -2.46. The van der Waals surface area contributed by atoms with Gasteiger partial charge in [0, 0.05) is 6.42 Å². The quantitative estimate of drug-likeness (QED) is 0.0204. The van der Waals surface area contributed by atoms with E-state index in [1.54, 1.807) is 6.08 Å². The Bertz CT molecular complexity index is 2070. The van der Waals surface area contributed by atoms with Gasteiger partial charge in [-0.1, -0.05) is 335 Å². The molecule has 14 nitrogen and oxygen atoms in total. The predicted molar refractivity (Wildman–Crippen MR) is 406 cm³/mol. The number of aliphatic hydroxyl groups is 8. The molecule has 0 radical (unpaired) electrons. The van der Waals surface area contributed by atoms with Gasteiger partial charge < -0.3 is 65.1 Å². The lowest BCUT2D eigenvalue weighted by molar-refractivity contribution is -0.359. The van der Waals surface area contributed by atoms with Crippen molar-refractivity contribution in [2.24, 2.45) is 0 Å². The summed E-state index contributed by atoms with van der Waals surface area (Å²) in [6.45, 7) is 2.70. The average Bonchev–Trinajstić information content (AvgIpc) is 0.793. The van der Waals surface area contributed by atoms with Crippen molar-refractivity contribution in [1.82, 2.24) is 5.32 Å². The number of aliphatic hydroxyl groups excluding tert-OH is 8. The number of hydrogen-bond donors (Lipinski definition) is 9. The van der Waals surface area contributed by atoms with Crippen LogP contribution < -0.4 is 5.32 Å². The van der Waals surface area contributed by atoms with Crippen LogP contribution in [-0.2, 0) is 23.7 Å². The molecule has 2 heterocycles. The van der Waals surface area contributed by atoms with Crippen molar-refractivity contribution < 1.29 is 64.6 Å². The highest BCUT2D eigenvalue weighted by Gasteiger charge is 2.51.